The van der Waals surface area contributed by atoms with Crippen LogP contribution in [0.4, 0.5) is 0 Å². The number of aromatic amines is 1. The molecule has 4 heteroatoms. The van der Waals surface area contributed by atoms with Crippen molar-refractivity contribution in [3.63, 3.8) is 0 Å². The summed E-state index contributed by atoms with van der Waals surface area (Å²) in [6, 6.07) is 3.73. The maximum atomic E-state index is 11.1. The molecule has 0 radical (unpaired) electrons. The molecule has 2 N–H and O–H groups in total. The highest BCUT2D eigenvalue weighted by Gasteiger charge is 2.22. The monoisotopic (exact) mass is 235 g/mol. The minimum Gasteiger partial charge on any atom is -0.477 e. The largest absolute Gasteiger partial charge is 0.477 e. The zero-order valence-electron chi connectivity index (χ0n) is 8.51. The number of nitrogens with one attached hydrogen (secondary N) is 1. The molecule has 1 aliphatic carbocycles. The highest BCUT2D eigenvalue weighted by Crippen LogP contribution is 2.34. The molecule has 1 aromatic heterocycles. The number of hydrogen-bond donors (Lipinski definition) is 2. The SMILES string of the molecule is O=C(O)c1[nH]c2cc(Cl)cc3c2c1CCC3. The second kappa shape index (κ2) is 3.25. The smallest absolute Gasteiger partial charge is 0.352 e. The predicted molar refractivity (Wildman–Crippen MR) is 62.3 cm³/mol. The van der Waals surface area contributed by atoms with E-state index in [9.17, 15) is 4.79 Å². The van der Waals surface area contributed by atoms with E-state index >= 15 is 0 Å². The van der Waals surface area contributed by atoms with Crippen LogP contribution in [0.25, 0.3) is 10.9 Å². The van der Waals surface area contributed by atoms with E-state index in [1.165, 1.54) is 0 Å². The van der Waals surface area contributed by atoms with Crippen molar-refractivity contribution in [1.29, 1.82) is 0 Å². The molecule has 0 bridgehead atoms. The fourth-order valence-corrected chi connectivity index (χ4v) is 2.78. The number of aromatic carboxylic acids is 1. The molecule has 3 rings (SSSR count). The van der Waals surface area contributed by atoms with Crippen molar-refractivity contribution in [2.24, 2.45) is 0 Å². The van der Waals surface area contributed by atoms with Crippen LogP contribution in [0.3, 0.4) is 0 Å². The molecule has 1 aliphatic rings. The third-order valence-electron chi connectivity index (χ3n) is 3.13. The lowest BCUT2D eigenvalue weighted by molar-refractivity contribution is 0.0690. The summed E-state index contributed by atoms with van der Waals surface area (Å²) in [5.41, 5.74) is 3.25. The standard InChI is InChI=1S/C12H10ClNO2/c13-7-4-6-2-1-3-8-10(6)9(5-7)14-11(8)12(15)16/h4-5,14H,1-3H2,(H,15,16). The Morgan fingerprint density at radius 1 is 1.38 bits per heavy atom. The fourth-order valence-electron chi connectivity index (χ4n) is 2.54. The number of aryl methyl sites for hydroxylation is 2. The van der Waals surface area contributed by atoms with Crippen molar-refractivity contribution in [2.45, 2.75) is 19.3 Å². The van der Waals surface area contributed by atoms with Gasteiger partial charge in [0.2, 0.25) is 0 Å². The van der Waals surface area contributed by atoms with Gasteiger partial charge in [0.15, 0.2) is 0 Å². The molecule has 0 spiro atoms. The Bertz CT molecular complexity index is 601. The van der Waals surface area contributed by atoms with Gasteiger partial charge in [0, 0.05) is 15.9 Å². The van der Waals surface area contributed by atoms with Gasteiger partial charge in [-0.05, 0) is 42.5 Å². The zero-order chi connectivity index (χ0) is 11.3. The molecular formula is C12H10ClNO2. The van der Waals surface area contributed by atoms with E-state index in [2.05, 4.69) is 4.98 Å². The van der Waals surface area contributed by atoms with Crippen LogP contribution in [0.5, 0.6) is 0 Å². The average Bonchev–Trinajstić information content (AvgIpc) is 2.59. The summed E-state index contributed by atoms with van der Waals surface area (Å²) < 4.78 is 0. The molecule has 0 unspecified atom stereocenters. The van der Waals surface area contributed by atoms with Gasteiger partial charge < -0.3 is 10.1 Å². The van der Waals surface area contributed by atoms with Gasteiger partial charge in [-0.1, -0.05) is 11.6 Å². The van der Waals surface area contributed by atoms with Crippen LogP contribution in [0.1, 0.15) is 28.0 Å². The number of H-pyrrole nitrogens is 1. The molecule has 0 saturated carbocycles. The topological polar surface area (TPSA) is 53.1 Å². The van der Waals surface area contributed by atoms with E-state index in [0.717, 1.165) is 41.3 Å². The molecule has 0 aliphatic heterocycles. The van der Waals surface area contributed by atoms with E-state index in [4.69, 9.17) is 16.7 Å². The van der Waals surface area contributed by atoms with E-state index in [1.807, 2.05) is 6.07 Å². The Hall–Kier alpha value is -1.48. The van der Waals surface area contributed by atoms with Crippen LogP contribution in [0.15, 0.2) is 12.1 Å². The fraction of sp³-hybridized carbons (Fsp3) is 0.250. The van der Waals surface area contributed by atoms with Gasteiger partial charge in [-0.3, -0.25) is 0 Å². The molecule has 82 valence electrons. The number of carboxylic acid groups (broad SMARTS) is 1. The first-order valence-corrected chi connectivity index (χ1v) is 5.61. The van der Waals surface area contributed by atoms with Crippen molar-refractivity contribution in [3.8, 4) is 0 Å². The number of halogens is 1. The minimum atomic E-state index is -0.893. The van der Waals surface area contributed by atoms with E-state index in [1.54, 1.807) is 6.07 Å². The number of aromatic nitrogens is 1. The van der Waals surface area contributed by atoms with E-state index < -0.39 is 5.97 Å². The van der Waals surface area contributed by atoms with Crippen molar-refractivity contribution in [2.75, 3.05) is 0 Å². The van der Waals surface area contributed by atoms with Crippen molar-refractivity contribution < 1.29 is 9.90 Å². The van der Waals surface area contributed by atoms with Crippen LogP contribution in [-0.4, -0.2) is 16.1 Å². The number of hydrogen-bond acceptors (Lipinski definition) is 1. The Morgan fingerprint density at radius 3 is 2.94 bits per heavy atom. The van der Waals surface area contributed by atoms with Gasteiger partial charge in [-0.25, -0.2) is 4.79 Å². The summed E-state index contributed by atoms with van der Waals surface area (Å²) in [6.45, 7) is 0. The van der Waals surface area contributed by atoms with Crippen LogP contribution >= 0.6 is 11.6 Å². The minimum absolute atomic E-state index is 0.318. The summed E-state index contributed by atoms with van der Waals surface area (Å²) in [7, 11) is 0. The van der Waals surface area contributed by atoms with Gasteiger partial charge in [0.05, 0.1) is 0 Å². The van der Waals surface area contributed by atoms with Crippen molar-refractivity contribution in [1.82, 2.24) is 4.98 Å². The summed E-state index contributed by atoms with van der Waals surface area (Å²) in [5.74, 6) is -0.893. The summed E-state index contributed by atoms with van der Waals surface area (Å²) >= 11 is 6.00. The van der Waals surface area contributed by atoms with E-state index in [-0.39, 0.29) is 0 Å². The highest BCUT2D eigenvalue weighted by atomic mass is 35.5. The average molecular weight is 236 g/mol. The summed E-state index contributed by atoms with van der Waals surface area (Å²) in [6.07, 6.45) is 2.79. The first-order chi connectivity index (χ1) is 7.66. The maximum absolute atomic E-state index is 11.1. The number of benzene rings is 1. The van der Waals surface area contributed by atoms with Crippen LogP contribution < -0.4 is 0 Å². The van der Waals surface area contributed by atoms with Gasteiger partial charge in [-0.2, -0.15) is 0 Å². The van der Waals surface area contributed by atoms with Crippen LogP contribution in [-0.2, 0) is 12.8 Å². The third-order valence-corrected chi connectivity index (χ3v) is 3.35. The van der Waals surface area contributed by atoms with Crippen LogP contribution in [0.2, 0.25) is 5.02 Å². The Kier molecular flexibility index (Phi) is 1.98. The molecule has 16 heavy (non-hydrogen) atoms. The van der Waals surface area contributed by atoms with Gasteiger partial charge in [0.1, 0.15) is 5.69 Å². The number of carboxylic acids is 1. The molecule has 2 aromatic rings. The molecule has 0 saturated heterocycles. The molecule has 0 amide bonds. The Balaban J connectivity index is 2.43. The lowest BCUT2D eigenvalue weighted by atomic mass is 9.91. The lowest BCUT2D eigenvalue weighted by Gasteiger charge is -2.12. The maximum Gasteiger partial charge on any atom is 0.352 e. The summed E-state index contributed by atoms with van der Waals surface area (Å²) in [5, 5.41) is 10.8. The highest BCUT2D eigenvalue weighted by molar-refractivity contribution is 6.31. The predicted octanol–water partition coefficient (Wildman–Crippen LogP) is 3.01. The third kappa shape index (κ3) is 1.25. The Labute approximate surface area is 97.0 Å². The van der Waals surface area contributed by atoms with Crippen LogP contribution in [0, 0.1) is 0 Å². The molecule has 1 aromatic carbocycles. The molecule has 0 atom stereocenters. The number of carbonyl (C=O) groups is 1. The quantitative estimate of drug-likeness (QED) is 0.798. The molecule has 0 fully saturated rings. The Morgan fingerprint density at radius 2 is 2.19 bits per heavy atom. The second-order valence-electron chi connectivity index (χ2n) is 4.12. The first-order valence-electron chi connectivity index (χ1n) is 5.23. The molecule has 1 heterocycles. The zero-order valence-corrected chi connectivity index (χ0v) is 9.27. The van der Waals surface area contributed by atoms with Crippen molar-refractivity contribution >= 4 is 28.5 Å². The lowest BCUT2D eigenvalue weighted by Crippen LogP contribution is -2.05. The van der Waals surface area contributed by atoms with Gasteiger partial charge >= 0.3 is 5.97 Å². The second-order valence-corrected chi connectivity index (χ2v) is 4.56. The first kappa shape index (κ1) is 9.73. The molecular weight excluding hydrogens is 226 g/mol. The molecule has 3 nitrogen and oxygen atoms in total. The van der Waals surface area contributed by atoms with Gasteiger partial charge in [-0.15, -0.1) is 0 Å². The summed E-state index contributed by atoms with van der Waals surface area (Å²) in [4.78, 5) is 14.1. The normalized spacial score (nSPS) is 14.3. The number of rotatable bonds is 1. The van der Waals surface area contributed by atoms with Gasteiger partial charge in [0.25, 0.3) is 0 Å². The van der Waals surface area contributed by atoms with Crippen molar-refractivity contribution in [3.05, 3.63) is 34.0 Å². The van der Waals surface area contributed by atoms with E-state index in [0.29, 0.717) is 10.7 Å².